The van der Waals surface area contributed by atoms with E-state index in [1.807, 2.05) is 4.90 Å². The van der Waals surface area contributed by atoms with Gasteiger partial charge in [-0.1, -0.05) is 17.7 Å². The van der Waals surface area contributed by atoms with Gasteiger partial charge in [-0.05, 0) is 31.0 Å². The number of hydrogen-bond donors (Lipinski definition) is 0. The zero-order valence-electron chi connectivity index (χ0n) is 15.8. The lowest BCUT2D eigenvalue weighted by Crippen LogP contribution is -2.49. The smallest absolute Gasteiger partial charge is 0.280 e. The lowest BCUT2D eigenvalue weighted by molar-refractivity contribution is -0.134. The van der Waals surface area contributed by atoms with E-state index in [9.17, 15) is 18.0 Å². The van der Waals surface area contributed by atoms with Crippen LogP contribution in [-0.2, 0) is 17.9 Å². The third kappa shape index (κ3) is 4.59. The van der Waals surface area contributed by atoms with Gasteiger partial charge >= 0.3 is 0 Å². The largest absolute Gasteiger partial charge is 0.339 e. The number of amides is 1. The Balaban J connectivity index is 1.35. The molecule has 2 aliphatic rings. The summed E-state index contributed by atoms with van der Waals surface area (Å²) in [5, 5.41) is 4.62. The lowest BCUT2D eigenvalue weighted by Gasteiger charge is -2.35. The predicted molar refractivity (Wildman–Crippen MR) is 102 cm³/mol. The Morgan fingerprint density at radius 1 is 1.21 bits per heavy atom. The fourth-order valence-electron chi connectivity index (χ4n) is 3.62. The van der Waals surface area contributed by atoms with Crippen LogP contribution in [0.25, 0.3) is 0 Å². The minimum Gasteiger partial charge on any atom is -0.339 e. The molecule has 1 aliphatic carbocycles. The second-order valence-electron chi connectivity index (χ2n) is 7.58. The Bertz CT molecular complexity index is 872. The maximum Gasteiger partial charge on any atom is 0.280 e. The molecule has 0 spiro atoms. The van der Waals surface area contributed by atoms with E-state index in [1.165, 1.54) is 12.1 Å². The number of carbonyl (C=O) groups is 1. The monoisotopic (exact) mass is 426 g/mol. The minimum atomic E-state index is -2.66. The Morgan fingerprint density at radius 2 is 1.93 bits per heavy atom. The fraction of sp³-hybridized carbons (Fsp3) is 0.500. The quantitative estimate of drug-likeness (QED) is 0.705. The van der Waals surface area contributed by atoms with Gasteiger partial charge in [0.2, 0.25) is 5.91 Å². The SMILES string of the molecule is O=C(Cn1nc(C2CC2)cc1C(F)F)N1CCN(Cc2c(F)cccc2Cl)CC1. The van der Waals surface area contributed by atoms with Gasteiger partial charge in [0.1, 0.15) is 18.1 Å². The van der Waals surface area contributed by atoms with Crippen molar-refractivity contribution in [3.05, 3.63) is 52.1 Å². The third-order valence-corrected chi connectivity index (χ3v) is 5.86. The number of carbonyl (C=O) groups excluding carboxylic acids is 1. The van der Waals surface area contributed by atoms with Crippen LogP contribution in [0.1, 0.15) is 42.1 Å². The summed E-state index contributed by atoms with van der Waals surface area (Å²) in [6.45, 7) is 2.20. The average Bonchev–Trinajstić information content (AvgIpc) is 3.46. The van der Waals surface area contributed by atoms with Gasteiger partial charge in [-0.15, -0.1) is 0 Å². The summed E-state index contributed by atoms with van der Waals surface area (Å²) in [7, 11) is 0. The Hall–Kier alpha value is -2.06. The van der Waals surface area contributed by atoms with E-state index in [4.69, 9.17) is 11.6 Å². The normalized spacial score (nSPS) is 17.9. The van der Waals surface area contributed by atoms with Crippen molar-refractivity contribution in [1.82, 2.24) is 19.6 Å². The highest BCUT2D eigenvalue weighted by Crippen LogP contribution is 2.40. The molecule has 1 aromatic heterocycles. The van der Waals surface area contributed by atoms with Crippen LogP contribution in [0.3, 0.4) is 0 Å². The zero-order valence-corrected chi connectivity index (χ0v) is 16.6. The summed E-state index contributed by atoms with van der Waals surface area (Å²) >= 11 is 6.08. The molecular formula is C20H22ClF3N4O. The van der Waals surface area contributed by atoms with Gasteiger partial charge in [0, 0.05) is 49.2 Å². The second-order valence-corrected chi connectivity index (χ2v) is 7.99. The summed E-state index contributed by atoms with van der Waals surface area (Å²) in [5.41, 5.74) is 0.896. The maximum absolute atomic E-state index is 14.0. The van der Waals surface area contributed by atoms with E-state index in [1.54, 1.807) is 17.0 Å². The topological polar surface area (TPSA) is 41.4 Å². The van der Waals surface area contributed by atoms with E-state index in [0.717, 1.165) is 17.5 Å². The number of piperazine rings is 1. The fourth-order valence-corrected chi connectivity index (χ4v) is 3.85. The number of nitrogens with zero attached hydrogens (tertiary/aromatic N) is 4. The molecule has 29 heavy (non-hydrogen) atoms. The molecule has 1 aromatic carbocycles. The standard InChI is InChI=1S/C20H22ClF3N4O/c21-15-2-1-3-16(22)14(15)11-26-6-8-27(9-7-26)19(29)12-28-18(20(23)24)10-17(25-28)13-4-5-13/h1-3,10,13,20H,4-9,11-12H2. The van der Waals surface area contributed by atoms with Crippen LogP contribution in [0.15, 0.2) is 24.3 Å². The first-order valence-electron chi connectivity index (χ1n) is 9.71. The Kier molecular flexibility index (Phi) is 5.83. The summed E-state index contributed by atoms with van der Waals surface area (Å²) in [4.78, 5) is 16.3. The van der Waals surface area contributed by atoms with Crippen molar-refractivity contribution in [2.75, 3.05) is 26.2 Å². The predicted octanol–water partition coefficient (Wildman–Crippen LogP) is 3.84. The van der Waals surface area contributed by atoms with E-state index in [2.05, 4.69) is 5.10 Å². The van der Waals surface area contributed by atoms with Gasteiger partial charge in [0.25, 0.3) is 6.43 Å². The molecule has 2 fully saturated rings. The number of alkyl halides is 2. The van der Waals surface area contributed by atoms with Gasteiger partial charge in [-0.25, -0.2) is 13.2 Å². The molecule has 156 valence electrons. The Morgan fingerprint density at radius 3 is 2.55 bits per heavy atom. The molecule has 9 heteroatoms. The van der Waals surface area contributed by atoms with Gasteiger partial charge in [-0.3, -0.25) is 14.4 Å². The van der Waals surface area contributed by atoms with Crippen LogP contribution < -0.4 is 0 Å². The van der Waals surface area contributed by atoms with E-state index < -0.39 is 6.43 Å². The summed E-state index contributed by atoms with van der Waals surface area (Å²) in [6, 6.07) is 6.02. The minimum absolute atomic E-state index is 0.189. The summed E-state index contributed by atoms with van der Waals surface area (Å²) in [5.74, 6) is -0.334. The maximum atomic E-state index is 14.0. The van der Waals surface area contributed by atoms with Gasteiger partial charge in [0.15, 0.2) is 0 Å². The van der Waals surface area contributed by atoms with Crippen LogP contribution in [0.5, 0.6) is 0 Å². The van der Waals surface area contributed by atoms with Gasteiger partial charge in [-0.2, -0.15) is 5.10 Å². The van der Waals surface area contributed by atoms with E-state index in [0.29, 0.717) is 49.0 Å². The number of halogens is 4. The molecule has 0 atom stereocenters. The van der Waals surface area contributed by atoms with Crippen LogP contribution in [0, 0.1) is 5.82 Å². The zero-order chi connectivity index (χ0) is 20.5. The molecule has 0 unspecified atom stereocenters. The van der Waals surface area contributed by atoms with Crippen molar-refractivity contribution in [2.45, 2.75) is 38.3 Å². The number of hydrogen-bond acceptors (Lipinski definition) is 3. The lowest BCUT2D eigenvalue weighted by atomic mass is 10.2. The molecule has 0 radical (unpaired) electrons. The molecule has 2 aromatic rings. The van der Waals surface area contributed by atoms with Crippen molar-refractivity contribution in [3.8, 4) is 0 Å². The molecule has 1 amide bonds. The molecule has 4 rings (SSSR count). The molecule has 0 bridgehead atoms. The van der Waals surface area contributed by atoms with Crippen molar-refractivity contribution in [1.29, 1.82) is 0 Å². The van der Waals surface area contributed by atoms with Crippen molar-refractivity contribution < 1.29 is 18.0 Å². The summed E-state index contributed by atoms with van der Waals surface area (Å²) in [6.07, 6.45) is -0.742. The first kappa shape index (κ1) is 20.2. The first-order valence-corrected chi connectivity index (χ1v) is 10.1. The van der Waals surface area contributed by atoms with Crippen LogP contribution in [0.2, 0.25) is 5.02 Å². The average molecular weight is 427 g/mol. The third-order valence-electron chi connectivity index (χ3n) is 5.50. The first-order chi connectivity index (χ1) is 13.9. The second kappa shape index (κ2) is 8.36. The van der Waals surface area contributed by atoms with E-state index in [-0.39, 0.29) is 29.9 Å². The Labute approximate surface area is 172 Å². The van der Waals surface area contributed by atoms with Crippen molar-refractivity contribution in [2.24, 2.45) is 0 Å². The molecular weight excluding hydrogens is 405 g/mol. The molecule has 2 heterocycles. The highest BCUT2D eigenvalue weighted by Gasteiger charge is 2.30. The molecule has 0 N–H and O–H groups in total. The van der Waals surface area contributed by atoms with Crippen LogP contribution in [-0.4, -0.2) is 51.7 Å². The van der Waals surface area contributed by atoms with Crippen LogP contribution >= 0.6 is 11.6 Å². The number of rotatable bonds is 6. The number of benzene rings is 1. The van der Waals surface area contributed by atoms with Gasteiger partial charge in [0.05, 0.1) is 5.69 Å². The number of aromatic nitrogens is 2. The van der Waals surface area contributed by atoms with E-state index >= 15 is 0 Å². The van der Waals surface area contributed by atoms with Crippen LogP contribution in [0.4, 0.5) is 13.2 Å². The van der Waals surface area contributed by atoms with Crippen molar-refractivity contribution >= 4 is 17.5 Å². The molecule has 5 nitrogen and oxygen atoms in total. The van der Waals surface area contributed by atoms with Gasteiger partial charge < -0.3 is 4.90 Å². The molecule has 1 saturated carbocycles. The highest BCUT2D eigenvalue weighted by atomic mass is 35.5. The summed E-state index contributed by atoms with van der Waals surface area (Å²) < 4.78 is 41.7. The molecule has 1 aliphatic heterocycles. The molecule has 1 saturated heterocycles. The van der Waals surface area contributed by atoms with Crippen molar-refractivity contribution in [3.63, 3.8) is 0 Å². The highest BCUT2D eigenvalue weighted by molar-refractivity contribution is 6.31.